The molecule has 1 amide bonds. The second-order valence-corrected chi connectivity index (χ2v) is 5.69. The molecule has 3 nitrogen and oxygen atoms in total. The van der Waals surface area contributed by atoms with E-state index in [2.05, 4.69) is 26.2 Å². The van der Waals surface area contributed by atoms with Crippen LogP contribution in [-0.2, 0) is 0 Å². The molecule has 0 saturated heterocycles. The summed E-state index contributed by atoms with van der Waals surface area (Å²) in [6, 6.07) is 6.27. The highest BCUT2D eigenvalue weighted by Gasteiger charge is 2.09. The number of nitrogens with zero attached hydrogens (tertiary/aromatic N) is 1. The van der Waals surface area contributed by atoms with Gasteiger partial charge in [0.15, 0.2) is 0 Å². The number of nitrogens with one attached hydrogen (secondary N) is 1. The number of hydrogen-bond donors (Lipinski definition) is 1. The van der Waals surface area contributed by atoms with Gasteiger partial charge >= 0.3 is 0 Å². The van der Waals surface area contributed by atoms with E-state index in [1.165, 1.54) is 18.3 Å². The van der Waals surface area contributed by atoms with Gasteiger partial charge in [0.1, 0.15) is 5.15 Å². The maximum atomic E-state index is 12.0. The molecule has 0 aliphatic heterocycles. The molecule has 0 atom stereocenters. The van der Waals surface area contributed by atoms with E-state index in [9.17, 15) is 4.79 Å². The van der Waals surface area contributed by atoms with Gasteiger partial charge in [-0.15, -0.1) is 0 Å². The van der Waals surface area contributed by atoms with Crippen LogP contribution in [0.1, 0.15) is 10.4 Å². The molecule has 0 bridgehead atoms. The zero-order valence-corrected chi connectivity index (χ0v) is 13.1. The summed E-state index contributed by atoms with van der Waals surface area (Å²) in [7, 11) is 0. The van der Waals surface area contributed by atoms with Gasteiger partial charge in [0.25, 0.3) is 5.91 Å². The Labute approximate surface area is 133 Å². The van der Waals surface area contributed by atoms with Crippen molar-refractivity contribution in [3.05, 3.63) is 55.7 Å². The minimum absolute atomic E-state index is 0.323. The molecule has 2 rings (SSSR count). The maximum Gasteiger partial charge on any atom is 0.255 e. The molecule has 1 aromatic heterocycles. The fourth-order valence-corrected chi connectivity index (χ4v) is 2.36. The molecule has 1 aromatic carbocycles. The highest BCUT2D eigenvalue weighted by molar-refractivity contribution is 9.10. The summed E-state index contributed by atoms with van der Waals surface area (Å²) < 4.78 is 0.594. The second kappa shape index (κ2) is 6.09. The van der Waals surface area contributed by atoms with Gasteiger partial charge in [0, 0.05) is 15.6 Å². The lowest BCUT2D eigenvalue weighted by Gasteiger charge is -2.06. The first-order valence-electron chi connectivity index (χ1n) is 5.04. The summed E-state index contributed by atoms with van der Waals surface area (Å²) in [5, 5.41) is 3.79. The van der Waals surface area contributed by atoms with Crippen molar-refractivity contribution in [2.24, 2.45) is 0 Å². The third kappa shape index (κ3) is 3.83. The Morgan fingerprint density at radius 1 is 1.11 bits per heavy atom. The van der Waals surface area contributed by atoms with Gasteiger partial charge in [-0.2, -0.15) is 0 Å². The predicted octanol–water partition coefficient (Wildman–Crippen LogP) is 5.06. The van der Waals surface area contributed by atoms with Crippen LogP contribution in [0, 0.1) is 0 Å². The monoisotopic (exact) mass is 378 g/mol. The molecule has 0 aliphatic carbocycles. The molecule has 0 aliphatic rings. The van der Waals surface area contributed by atoms with Gasteiger partial charge in [0.05, 0.1) is 16.4 Å². The fraction of sp³-hybridized carbons (Fsp3) is 0. The average Bonchev–Trinajstić information content (AvgIpc) is 2.32. The van der Waals surface area contributed by atoms with E-state index in [0.29, 0.717) is 30.9 Å². The second-order valence-electron chi connectivity index (χ2n) is 3.61. The van der Waals surface area contributed by atoms with Crippen LogP contribution in [0.2, 0.25) is 15.2 Å². The van der Waals surface area contributed by atoms with E-state index in [4.69, 9.17) is 34.8 Å². The quantitative estimate of drug-likeness (QED) is 0.740. The van der Waals surface area contributed by atoms with Gasteiger partial charge in [-0.05, 0) is 40.2 Å². The minimum Gasteiger partial charge on any atom is -0.321 e. The standard InChI is InChI=1S/C12H6BrCl3N2O/c13-10-4-9(5-17-11(10)16)18-12(19)6-1-7(14)3-8(15)2-6/h1-5H,(H,18,19). The first kappa shape index (κ1) is 14.6. The Morgan fingerprint density at radius 3 is 2.32 bits per heavy atom. The lowest BCUT2D eigenvalue weighted by molar-refractivity contribution is 0.102. The minimum atomic E-state index is -0.333. The zero-order chi connectivity index (χ0) is 14.0. The summed E-state index contributed by atoms with van der Waals surface area (Å²) in [5.74, 6) is -0.333. The summed E-state index contributed by atoms with van der Waals surface area (Å²) in [6.07, 6.45) is 1.46. The third-order valence-electron chi connectivity index (χ3n) is 2.18. The van der Waals surface area contributed by atoms with Crippen LogP contribution < -0.4 is 5.32 Å². The lowest BCUT2D eigenvalue weighted by Crippen LogP contribution is -2.12. The van der Waals surface area contributed by atoms with Crippen LogP contribution in [0.3, 0.4) is 0 Å². The molecule has 7 heteroatoms. The molecule has 0 fully saturated rings. The Kier molecular flexibility index (Phi) is 4.68. The van der Waals surface area contributed by atoms with Crippen LogP contribution in [-0.4, -0.2) is 10.9 Å². The summed E-state index contributed by atoms with van der Waals surface area (Å²) in [4.78, 5) is 15.9. The molecule has 0 radical (unpaired) electrons. The Morgan fingerprint density at radius 2 is 1.74 bits per heavy atom. The van der Waals surface area contributed by atoms with Crippen LogP contribution in [0.15, 0.2) is 34.9 Å². The molecule has 19 heavy (non-hydrogen) atoms. The number of halogens is 4. The highest BCUT2D eigenvalue weighted by atomic mass is 79.9. The molecular formula is C12H6BrCl3N2O. The fourth-order valence-electron chi connectivity index (χ4n) is 1.38. The van der Waals surface area contributed by atoms with Gasteiger partial charge in [-0.25, -0.2) is 4.98 Å². The normalized spacial score (nSPS) is 10.3. The number of aromatic nitrogens is 1. The van der Waals surface area contributed by atoms with Gasteiger partial charge in [-0.3, -0.25) is 4.79 Å². The number of benzene rings is 1. The third-order valence-corrected chi connectivity index (χ3v) is 3.75. The lowest BCUT2D eigenvalue weighted by atomic mass is 10.2. The number of rotatable bonds is 2. The Bertz CT molecular complexity index is 629. The largest absolute Gasteiger partial charge is 0.321 e. The van der Waals surface area contributed by atoms with Crippen LogP contribution in [0.4, 0.5) is 5.69 Å². The van der Waals surface area contributed by atoms with Crippen molar-refractivity contribution in [2.75, 3.05) is 5.32 Å². The number of anilines is 1. The van der Waals surface area contributed by atoms with E-state index in [-0.39, 0.29) is 5.91 Å². The van der Waals surface area contributed by atoms with Crippen molar-refractivity contribution >= 4 is 62.3 Å². The van der Waals surface area contributed by atoms with E-state index < -0.39 is 0 Å². The molecular weight excluding hydrogens is 374 g/mol. The first-order valence-corrected chi connectivity index (χ1v) is 6.97. The molecule has 1 N–H and O–H groups in total. The van der Waals surface area contributed by atoms with Crippen LogP contribution >= 0.6 is 50.7 Å². The molecule has 98 valence electrons. The van der Waals surface area contributed by atoms with Crippen molar-refractivity contribution in [2.45, 2.75) is 0 Å². The predicted molar refractivity (Wildman–Crippen MR) is 81.4 cm³/mol. The zero-order valence-electron chi connectivity index (χ0n) is 9.25. The summed E-state index contributed by atoms with van der Waals surface area (Å²) in [5.41, 5.74) is 0.876. The SMILES string of the molecule is O=C(Nc1cnc(Cl)c(Br)c1)c1cc(Cl)cc(Cl)c1. The maximum absolute atomic E-state index is 12.0. The topological polar surface area (TPSA) is 42.0 Å². The van der Waals surface area contributed by atoms with Gasteiger partial charge in [-0.1, -0.05) is 34.8 Å². The van der Waals surface area contributed by atoms with Crippen molar-refractivity contribution in [1.82, 2.24) is 4.98 Å². The van der Waals surface area contributed by atoms with E-state index in [1.54, 1.807) is 12.1 Å². The highest BCUT2D eigenvalue weighted by Crippen LogP contribution is 2.24. The van der Waals surface area contributed by atoms with Crippen molar-refractivity contribution < 1.29 is 4.79 Å². The molecule has 1 heterocycles. The number of amides is 1. The smallest absolute Gasteiger partial charge is 0.255 e. The number of hydrogen-bond acceptors (Lipinski definition) is 2. The Balaban J connectivity index is 2.22. The van der Waals surface area contributed by atoms with Gasteiger partial charge < -0.3 is 5.32 Å². The molecule has 0 saturated carbocycles. The van der Waals surface area contributed by atoms with Crippen LogP contribution in [0.5, 0.6) is 0 Å². The van der Waals surface area contributed by atoms with Crippen molar-refractivity contribution in [1.29, 1.82) is 0 Å². The Hall–Kier alpha value is -0.810. The number of pyridine rings is 1. The van der Waals surface area contributed by atoms with Gasteiger partial charge in [0.2, 0.25) is 0 Å². The van der Waals surface area contributed by atoms with Crippen molar-refractivity contribution in [3.8, 4) is 0 Å². The van der Waals surface area contributed by atoms with E-state index in [0.717, 1.165) is 0 Å². The molecule has 2 aromatic rings. The van der Waals surface area contributed by atoms with E-state index >= 15 is 0 Å². The van der Waals surface area contributed by atoms with Crippen LogP contribution in [0.25, 0.3) is 0 Å². The van der Waals surface area contributed by atoms with E-state index in [1.807, 2.05) is 0 Å². The number of carbonyl (C=O) groups excluding carboxylic acids is 1. The number of carbonyl (C=O) groups is 1. The molecule has 0 unspecified atom stereocenters. The summed E-state index contributed by atoms with van der Waals surface area (Å²) in [6.45, 7) is 0. The first-order chi connectivity index (χ1) is 8.95. The molecule has 0 spiro atoms. The van der Waals surface area contributed by atoms with Crippen molar-refractivity contribution in [3.63, 3.8) is 0 Å². The average molecular weight is 380 g/mol. The summed E-state index contributed by atoms with van der Waals surface area (Å²) >= 11 is 20.7.